The van der Waals surface area contributed by atoms with Crippen molar-refractivity contribution in [2.24, 2.45) is 0 Å². The molecule has 0 N–H and O–H groups in total. The third-order valence-corrected chi connectivity index (χ3v) is 5.49. The molecular formula is C22H17I. The van der Waals surface area contributed by atoms with E-state index in [-0.39, 0.29) is 0 Å². The lowest BCUT2D eigenvalue weighted by molar-refractivity contribution is 1.50. The van der Waals surface area contributed by atoms with E-state index < -0.39 is 0 Å². The van der Waals surface area contributed by atoms with E-state index in [1.54, 1.807) is 0 Å². The number of rotatable bonds is 1. The van der Waals surface area contributed by atoms with E-state index >= 15 is 0 Å². The summed E-state index contributed by atoms with van der Waals surface area (Å²) in [5, 5.41) is 5.34. The van der Waals surface area contributed by atoms with Gasteiger partial charge in [0.25, 0.3) is 0 Å². The van der Waals surface area contributed by atoms with E-state index in [4.69, 9.17) is 0 Å². The van der Waals surface area contributed by atoms with Crippen LogP contribution in [0.5, 0.6) is 0 Å². The van der Waals surface area contributed by atoms with Crippen LogP contribution >= 0.6 is 22.6 Å². The number of fused-ring (bicyclic) bond motifs is 2. The zero-order valence-electron chi connectivity index (χ0n) is 13.2. The van der Waals surface area contributed by atoms with Crippen molar-refractivity contribution in [3.63, 3.8) is 0 Å². The Labute approximate surface area is 150 Å². The minimum absolute atomic E-state index is 1.31. The summed E-state index contributed by atoms with van der Waals surface area (Å²) >= 11 is 2.43. The highest BCUT2D eigenvalue weighted by Crippen LogP contribution is 2.36. The van der Waals surface area contributed by atoms with Gasteiger partial charge in [-0.25, -0.2) is 0 Å². The first-order valence-electron chi connectivity index (χ1n) is 7.83. The molecule has 0 heterocycles. The van der Waals surface area contributed by atoms with Gasteiger partial charge in [-0.1, -0.05) is 66.2 Å². The van der Waals surface area contributed by atoms with Crippen molar-refractivity contribution in [2.45, 2.75) is 13.8 Å². The average molecular weight is 408 g/mol. The Hall–Kier alpha value is -1.87. The molecule has 0 aromatic heterocycles. The lowest BCUT2D eigenvalue weighted by Gasteiger charge is -2.13. The van der Waals surface area contributed by atoms with Gasteiger partial charge < -0.3 is 0 Å². The zero-order valence-corrected chi connectivity index (χ0v) is 15.4. The van der Waals surface area contributed by atoms with Crippen molar-refractivity contribution < 1.29 is 0 Å². The standard InChI is InChI=1S/C22H17I/c1-14-9-10-20-19(11-12-22(23)21(20)13-14)18-8-4-6-16-15(2)5-3-7-17(16)18/h3-13H,1-2H3. The van der Waals surface area contributed by atoms with E-state index in [0.29, 0.717) is 0 Å². The number of hydrogen-bond acceptors (Lipinski definition) is 0. The molecule has 0 aliphatic heterocycles. The second-order valence-electron chi connectivity index (χ2n) is 6.12. The van der Waals surface area contributed by atoms with E-state index in [1.807, 2.05) is 0 Å². The van der Waals surface area contributed by atoms with Crippen LogP contribution in [0.1, 0.15) is 11.1 Å². The minimum Gasteiger partial charge on any atom is -0.0613 e. The first-order valence-corrected chi connectivity index (χ1v) is 8.90. The van der Waals surface area contributed by atoms with Gasteiger partial charge in [0.05, 0.1) is 0 Å². The molecular weight excluding hydrogens is 391 g/mol. The van der Waals surface area contributed by atoms with E-state index in [1.165, 1.54) is 47.4 Å². The Morgan fingerprint density at radius 3 is 2.17 bits per heavy atom. The summed E-state index contributed by atoms with van der Waals surface area (Å²) < 4.78 is 1.31. The highest BCUT2D eigenvalue weighted by atomic mass is 127. The zero-order chi connectivity index (χ0) is 16.0. The maximum Gasteiger partial charge on any atom is 0.0209 e. The molecule has 0 atom stereocenters. The van der Waals surface area contributed by atoms with Crippen molar-refractivity contribution in [3.8, 4) is 11.1 Å². The highest BCUT2D eigenvalue weighted by Gasteiger charge is 2.10. The third kappa shape index (κ3) is 2.43. The van der Waals surface area contributed by atoms with E-state index in [2.05, 4.69) is 103 Å². The summed E-state index contributed by atoms with van der Waals surface area (Å²) in [6, 6.07) is 24.4. The normalized spacial score (nSPS) is 11.3. The Balaban J connectivity index is 2.12. The maximum atomic E-state index is 2.43. The summed E-state index contributed by atoms with van der Waals surface area (Å²) in [7, 11) is 0. The fourth-order valence-electron chi connectivity index (χ4n) is 3.36. The first-order chi connectivity index (χ1) is 11.1. The van der Waals surface area contributed by atoms with Crippen LogP contribution in [0.3, 0.4) is 0 Å². The lowest BCUT2D eigenvalue weighted by atomic mass is 9.92. The monoisotopic (exact) mass is 408 g/mol. The molecule has 0 spiro atoms. The SMILES string of the molecule is Cc1ccc2c(-c3cccc4c(C)cccc34)ccc(I)c2c1. The largest absolute Gasteiger partial charge is 0.0613 e. The van der Waals surface area contributed by atoms with Crippen LogP contribution in [0.4, 0.5) is 0 Å². The predicted octanol–water partition coefficient (Wildman–Crippen LogP) is 6.88. The van der Waals surface area contributed by atoms with Gasteiger partial charge in [-0.3, -0.25) is 0 Å². The summed E-state index contributed by atoms with van der Waals surface area (Å²) in [4.78, 5) is 0. The Bertz CT molecular complexity index is 1040. The average Bonchev–Trinajstić information content (AvgIpc) is 2.56. The summed E-state index contributed by atoms with van der Waals surface area (Å²) in [5.41, 5.74) is 5.27. The predicted molar refractivity (Wildman–Crippen MR) is 109 cm³/mol. The highest BCUT2D eigenvalue weighted by molar-refractivity contribution is 14.1. The molecule has 23 heavy (non-hydrogen) atoms. The molecule has 1 heteroatoms. The van der Waals surface area contributed by atoms with Crippen LogP contribution in [0, 0.1) is 17.4 Å². The van der Waals surface area contributed by atoms with Gasteiger partial charge in [-0.2, -0.15) is 0 Å². The number of benzene rings is 4. The first kappa shape index (κ1) is 14.7. The second kappa shape index (κ2) is 5.64. The molecule has 0 aliphatic carbocycles. The second-order valence-corrected chi connectivity index (χ2v) is 7.28. The van der Waals surface area contributed by atoms with Crippen LogP contribution in [0.25, 0.3) is 32.7 Å². The van der Waals surface area contributed by atoms with Crippen LogP contribution in [-0.2, 0) is 0 Å². The molecule has 0 fully saturated rings. The fraction of sp³-hybridized carbons (Fsp3) is 0.0909. The number of aryl methyl sites for hydroxylation is 2. The fourth-order valence-corrected chi connectivity index (χ4v) is 3.99. The Morgan fingerprint density at radius 2 is 1.30 bits per heavy atom. The van der Waals surface area contributed by atoms with Crippen molar-refractivity contribution in [1.29, 1.82) is 0 Å². The molecule has 4 aromatic carbocycles. The van der Waals surface area contributed by atoms with Gasteiger partial charge in [0.1, 0.15) is 0 Å². The summed E-state index contributed by atoms with van der Waals surface area (Å²) in [5.74, 6) is 0. The van der Waals surface area contributed by atoms with E-state index in [0.717, 1.165) is 0 Å². The summed E-state index contributed by atoms with van der Waals surface area (Å²) in [6.45, 7) is 4.34. The minimum atomic E-state index is 1.31. The van der Waals surface area contributed by atoms with Crippen molar-refractivity contribution in [3.05, 3.63) is 81.4 Å². The van der Waals surface area contributed by atoms with Crippen LogP contribution in [-0.4, -0.2) is 0 Å². The lowest BCUT2D eigenvalue weighted by Crippen LogP contribution is -1.88. The van der Waals surface area contributed by atoms with Crippen molar-refractivity contribution in [2.75, 3.05) is 0 Å². The van der Waals surface area contributed by atoms with Crippen LogP contribution < -0.4 is 0 Å². The molecule has 0 saturated carbocycles. The molecule has 0 unspecified atom stereocenters. The molecule has 0 nitrogen and oxygen atoms in total. The quantitative estimate of drug-likeness (QED) is 0.301. The van der Waals surface area contributed by atoms with Gasteiger partial charge in [0.15, 0.2) is 0 Å². The van der Waals surface area contributed by atoms with Crippen molar-refractivity contribution >= 4 is 44.1 Å². The number of halogens is 1. The van der Waals surface area contributed by atoms with Gasteiger partial charge in [-0.05, 0) is 80.7 Å². The van der Waals surface area contributed by atoms with Crippen molar-refractivity contribution in [1.82, 2.24) is 0 Å². The van der Waals surface area contributed by atoms with Crippen LogP contribution in [0.15, 0.2) is 66.7 Å². The molecule has 4 rings (SSSR count). The molecule has 4 aromatic rings. The van der Waals surface area contributed by atoms with Gasteiger partial charge in [-0.15, -0.1) is 0 Å². The molecule has 0 aliphatic rings. The number of hydrogen-bond donors (Lipinski definition) is 0. The molecule has 0 bridgehead atoms. The molecule has 112 valence electrons. The molecule has 0 amide bonds. The van der Waals surface area contributed by atoms with Gasteiger partial charge in [0, 0.05) is 3.57 Å². The smallest absolute Gasteiger partial charge is 0.0209 e. The Kier molecular flexibility index (Phi) is 3.61. The Morgan fingerprint density at radius 1 is 0.609 bits per heavy atom. The van der Waals surface area contributed by atoms with Crippen LogP contribution in [0.2, 0.25) is 0 Å². The van der Waals surface area contributed by atoms with Gasteiger partial charge >= 0.3 is 0 Å². The molecule has 0 radical (unpaired) electrons. The summed E-state index contributed by atoms with van der Waals surface area (Å²) in [6.07, 6.45) is 0. The van der Waals surface area contributed by atoms with Gasteiger partial charge in [0.2, 0.25) is 0 Å². The third-order valence-electron chi connectivity index (χ3n) is 4.55. The van der Waals surface area contributed by atoms with E-state index in [9.17, 15) is 0 Å². The molecule has 0 saturated heterocycles. The topological polar surface area (TPSA) is 0 Å². The maximum absolute atomic E-state index is 2.43.